The molecule has 0 aromatic heterocycles. The van der Waals surface area contributed by atoms with E-state index >= 15 is 0 Å². The van der Waals surface area contributed by atoms with Crippen molar-refractivity contribution in [2.24, 2.45) is 0 Å². The normalized spacial score (nSPS) is 10.8. The minimum Gasteiger partial charge on any atom is -0.288 e. The molecule has 0 atom stereocenters. The van der Waals surface area contributed by atoms with E-state index in [4.69, 9.17) is 0 Å². The zero-order valence-corrected chi connectivity index (χ0v) is 9.79. The standard InChI is InChI=1S/C13H3F7O/c14-5-2-1-4(3-6(5)15)13(21)7-8(16)10(18)12(20)11(19)9(7)17/h1-3H. The highest BCUT2D eigenvalue weighted by Crippen LogP contribution is 2.25. The molecule has 0 unspecified atom stereocenters. The fraction of sp³-hybridized carbons (Fsp3) is 0. The molecule has 110 valence electrons. The van der Waals surface area contributed by atoms with Crippen LogP contribution in [0, 0.1) is 40.7 Å². The fourth-order valence-corrected chi connectivity index (χ4v) is 1.59. The van der Waals surface area contributed by atoms with Gasteiger partial charge in [-0.25, -0.2) is 30.7 Å². The summed E-state index contributed by atoms with van der Waals surface area (Å²) in [6, 6.07) is 1.42. The predicted octanol–water partition coefficient (Wildman–Crippen LogP) is 3.89. The Morgan fingerprint density at radius 3 is 1.62 bits per heavy atom. The van der Waals surface area contributed by atoms with Gasteiger partial charge in [0.15, 0.2) is 40.7 Å². The third-order valence-corrected chi connectivity index (χ3v) is 2.62. The smallest absolute Gasteiger partial charge is 0.200 e. The van der Waals surface area contributed by atoms with Gasteiger partial charge in [0, 0.05) is 5.56 Å². The van der Waals surface area contributed by atoms with Crippen molar-refractivity contribution in [3.05, 3.63) is 70.0 Å². The molecule has 0 aliphatic carbocycles. The summed E-state index contributed by atoms with van der Waals surface area (Å²) in [7, 11) is 0. The minimum atomic E-state index is -2.42. The molecule has 0 aliphatic heterocycles. The molecule has 2 aromatic carbocycles. The third-order valence-electron chi connectivity index (χ3n) is 2.62. The Bertz CT molecular complexity index is 726. The van der Waals surface area contributed by atoms with E-state index < -0.39 is 57.6 Å². The zero-order valence-electron chi connectivity index (χ0n) is 9.79. The summed E-state index contributed by atoms with van der Waals surface area (Å²) in [5.74, 6) is -16.2. The van der Waals surface area contributed by atoms with Gasteiger partial charge in [-0.3, -0.25) is 4.79 Å². The first kappa shape index (κ1) is 15.0. The summed E-state index contributed by atoms with van der Waals surface area (Å²) in [4.78, 5) is 11.7. The Kier molecular flexibility index (Phi) is 3.71. The summed E-state index contributed by atoms with van der Waals surface area (Å²) in [6.07, 6.45) is 0. The van der Waals surface area contributed by atoms with Crippen LogP contribution in [0.4, 0.5) is 30.7 Å². The molecular formula is C13H3F7O. The maximum absolute atomic E-state index is 13.4. The lowest BCUT2D eigenvalue weighted by Gasteiger charge is -2.07. The van der Waals surface area contributed by atoms with E-state index in [0.29, 0.717) is 12.1 Å². The molecule has 0 saturated heterocycles. The lowest BCUT2D eigenvalue weighted by molar-refractivity contribution is 0.102. The average molecular weight is 308 g/mol. The van der Waals surface area contributed by atoms with Crippen molar-refractivity contribution >= 4 is 5.78 Å². The van der Waals surface area contributed by atoms with E-state index in [1.807, 2.05) is 0 Å². The molecular weight excluding hydrogens is 305 g/mol. The summed E-state index contributed by atoms with van der Waals surface area (Å²) in [5, 5.41) is 0. The molecule has 21 heavy (non-hydrogen) atoms. The van der Waals surface area contributed by atoms with Gasteiger partial charge in [0.1, 0.15) is 5.56 Å². The van der Waals surface area contributed by atoms with E-state index in [-0.39, 0.29) is 6.07 Å². The molecule has 0 fully saturated rings. The summed E-state index contributed by atoms with van der Waals surface area (Å²) < 4.78 is 91.3. The van der Waals surface area contributed by atoms with Crippen molar-refractivity contribution < 1.29 is 35.5 Å². The molecule has 0 spiro atoms. The highest BCUT2D eigenvalue weighted by molar-refractivity contribution is 6.09. The molecule has 0 aliphatic rings. The highest BCUT2D eigenvalue weighted by Gasteiger charge is 2.30. The van der Waals surface area contributed by atoms with E-state index in [0.717, 1.165) is 0 Å². The molecule has 0 heterocycles. The van der Waals surface area contributed by atoms with Gasteiger partial charge in [0.05, 0.1) is 0 Å². The monoisotopic (exact) mass is 308 g/mol. The SMILES string of the molecule is O=C(c1ccc(F)c(F)c1)c1c(F)c(F)c(F)c(F)c1F. The van der Waals surface area contributed by atoms with Crippen LogP contribution < -0.4 is 0 Å². The second-order valence-electron chi connectivity index (χ2n) is 3.90. The molecule has 2 rings (SSSR count). The largest absolute Gasteiger partial charge is 0.288 e. The highest BCUT2D eigenvalue weighted by atomic mass is 19.2. The van der Waals surface area contributed by atoms with Gasteiger partial charge in [-0.2, -0.15) is 0 Å². The topological polar surface area (TPSA) is 17.1 Å². The Labute approximate surface area is 112 Å². The fourth-order valence-electron chi connectivity index (χ4n) is 1.59. The first-order chi connectivity index (χ1) is 9.75. The van der Waals surface area contributed by atoms with Crippen LogP contribution in [-0.2, 0) is 0 Å². The van der Waals surface area contributed by atoms with Gasteiger partial charge < -0.3 is 0 Å². The van der Waals surface area contributed by atoms with Crippen molar-refractivity contribution in [1.29, 1.82) is 0 Å². The molecule has 0 bridgehead atoms. The second-order valence-corrected chi connectivity index (χ2v) is 3.90. The van der Waals surface area contributed by atoms with Crippen molar-refractivity contribution in [2.75, 3.05) is 0 Å². The Hall–Kier alpha value is -2.38. The van der Waals surface area contributed by atoms with Crippen LogP contribution in [0.15, 0.2) is 18.2 Å². The van der Waals surface area contributed by atoms with Crippen molar-refractivity contribution in [1.82, 2.24) is 0 Å². The average Bonchev–Trinajstić information content (AvgIpc) is 2.46. The number of carbonyl (C=O) groups excluding carboxylic acids is 1. The number of carbonyl (C=O) groups is 1. The number of benzene rings is 2. The molecule has 0 N–H and O–H groups in total. The lowest BCUT2D eigenvalue weighted by atomic mass is 10.0. The maximum atomic E-state index is 13.4. The van der Waals surface area contributed by atoms with Crippen LogP contribution in [0.2, 0.25) is 0 Å². The van der Waals surface area contributed by atoms with Gasteiger partial charge in [-0.1, -0.05) is 0 Å². The van der Waals surface area contributed by atoms with E-state index in [1.54, 1.807) is 0 Å². The van der Waals surface area contributed by atoms with Gasteiger partial charge >= 0.3 is 0 Å². The Morgan fingerprint density at radius 1 is 0.667 bits per heavy atom. The number of hydrogen-bond acceptors (Lipinski definition) is 1. The Balaban J connectivity index is 2.66. The zero-order chi connectivity index (χ0) is 15.9. The van der Waals surface area contributed by atoms with E-state index in [2.05, 4.69) is 0 Å². The van der Waals surface area contributed by atoms with Gasteiger partial charge in [-0.05, 0) is 18.2 Å². The Morgan fingerprint density at radius 2 is 1.14 bits per heavy atom. The molecule has 1 nitrogen and oxygen atoms in total. The maximum Gasteiger partial charge on any atom is 0.200 e. The van der Waals surface area contributed by atoms with Crippen LogP contribution in [-0.4, -0.2) is 5.78 Å². The van der Waals surface area contributed by atoms with Crippen molar-refractivity contribution in [2.45, 2.75) is 0 Å². The molecule has 0 saturated carbocycles. The van der Waals surface area contributed by atoms with Gasteiger partial charge in [0.25, 0.3) is 0 Å². The first-order valence-corrected chi connectivity index (χ1v) is 5.27. The summed E-state index contributed by atoms with van der Waals surface area (Å²) >= 11 is 0. The van der Waals surface area contributed by atoms with Crippen LogP contribution in [0.25, 0.3) is 0 Å². The number of halogens is 7. The number of ketones is 1. The van der Waals surface area contributed by atoms with Crippen LogP contribution in [0.5, 0.6) is 0 Å². The predicted molar refractivity (Wildman–Crippen MR) is 56.0 cm³/mol. The minimum absolute atomic E-state index is 0.287. The van der Waals surface area contributed by atoms with Crippen LogP contribution >= 0.6 is 0 Å². The molecule has 8 heteroatoms. The van der Waals surface area contributed by atoms with Crippen molar-refractivity contribution in [3.63, 3.8) is 0 Å². The van der Waals surface area contributed by atoms with Crippen LogP contribution in [0.1, 0.15) is 15.9 Å². The third kappa shape index (κ3) is 2.37. The summed E-state index contributed by atoms with van der Waals surface area (Å²) in [5.41, 5.74) is -2.51. The first-order valence-electron chi connectivity index (χ1n) is 5.27. The van der Waals surface area contributed by atoms with Crippen molar-refractivity contribution in [3.8, 4) is 0 Å². The van der Waals surface area contributed by atoms with E-state index in [1.165, 1.54) is 0 Å². The molecule has 2 aromatic rings. The van der Waals surface area contributed by atoms with E-state index in [9.17, 15) is 35.5 Å². The number of hydrogen-bond donors (Lipinski definition) is 0. The lowest BCUT2D eigenvalue weighted by Crippen LogP contribution is -2.14. The number of rotatable bonds is 2. The quantitative estimate of drug-likeness (QED) is 0.356. The summed E-state index contributed by atoms with van der Waals surface area (Å²) in [6.45, 7) is 0. The van der Waals surface area contributed by atoms with Gasteiger partial charge in [0.2, 0.25) is 5.82 Å². The van der Waals surface area contributed by atoms with Gasteiger partial charge in [-0.15, -0.1) is 0 Å². The molecule has 0 amide bonds. The van der Waals surface area contributed by atoms with Crippen LogP contribution in [0.3, 0.4) is 0 Å². The molecule has 0 radical (unpaired) electrons. The second kappa shape index (κ2) is 5.19.